The smallest absolute Gasteiger partial charge is 0.0220 e. The molecule has 0 N–H and O–H groups in total. The van der Waals surface area contributed by atoms with E-state index in [2.05, 4.69) is 74.4 Å². The Bertz CT molecular complexity index is 609. The van der Waals surface area contributed by atoms with Gasteiger partial charge in [-0.2, -0.15) is 0 Å². The molecule has 122 valence electrons. The highest BCUT2D eigenvalue weighted by atomic mass is 15.0. The molecular formula is C22H29N. The molecule has 0 saturated carbocycles. The van der Waals surface area contributed by atoms with Gasteiger partial charge >= 0.3 is 0 Å². The van der Waals surface area contributed by atoms with E-state index in [4.69, 9.17) is 0 Å². The number of aryl methyl sites for hydroxylation is 2. The van der Waals surface area contributed by atoms with Crippen LogP contribution < -0.4 is 0 Å². The number of fused-ring (bicyclic) bond motifs is 2. The quantitative estimate of drug-likeness (QED) is 0.765. The van der Waals surface area contributed by atoms with Crippen LogP contribution in [0.2, 0.25) is 0 Å². The van der Waals surface area contributed by atoms with Gasteiger partial charge in [0.1, 0.15) is 0 Å². The SMILES string of the molecule is CCCC1(CCN(C)C)c2ccccc2CCc2ccccc21. The molecule has 1 aliphatic rings. The Hall–Kier alpha value is -1.60. The van der Waals surface area contributed by atoms with Gasteiger partial charge in [-0.3, -0.25) is 0 Å². The Morgan fingerprint density at radius 1 is 0.826 bits per heavy atom. The minimum atomic E-state index is 0.169. The standard InChI is InChI=1S/C22H29N/c1-4-15-22(16-17-23(2)3)20-11-7-5-9-18(20)13-14-19-10-6-8-12-21(19)22/h5-12H,4,13-17H2,1-3H3. The van der Waals surface area contributed by atoms with Gasteiger partial charge in [-0.05, 0) is 68.6 Å². The van der Waals surface area contributed by atoms with Gasteiger partial charge < -0.3 is 4.90 Å². The molecule has 0 atom stereocenters. The summed E-state index contributed by atoms with van der Waals surface area (Å²) in [4.78, 5) is 2.33. The molecule has 0 bridgehead atoms. The van der Waals surface area contributed by atoms with Crippen molar-refractivity contribution in [1.82, 2.24) is 4.90 Å². The minimum absolute atomic E-state index is 0.169. The van der Waals surface area contributed by atoms with Gasteiger partial charge in [0.25, 0.3) is 0 Å². The zero-order valence-corrected chi connectivity index (χ0v) is 14.8. The van der Waals surface area contributed by atoms with Gasteiger partial charge in [-0.15, -0.1) is 0 Å². The molecule has 23 heavy (non-hydrogen) atoms. The third kappa shape index (κ3) is 3.07. The zero-order valence-electron chi connectivity index (χ0n) is 14.8. The van der Waals surface area contributed by atoms with Crippen molar-refractivity contribution in [1.29, 1.82) is 0 Å². The molecule has 0 amide bonds. The van der Waals surface area contributed by atoms with E-state index in [9.17, 15) is 0 Å². The lowest BCUT2D eigenvalue weighted by Crippen LogP contribution is -2.33. The molecule has 0 heterocycles. The van der Waals surface area contributed by atoms with Crippen LogP contribution >= 0.6 is 0 Å². The lowest BCUT2D eigenvalue weighted by atomic mass is 9.67. The maximum Gasteiger partial charge on any atom is 0.0220 e. The van der Waals surface area contributed by atoms with E-state index in [1.165, 1.54) is 32.1 Å². The van der Waals surface area contributed by atoms with Gasteiger partial charge in [0.2, 0.25) is 0 Å². The molecule has 0 aliphatic heterocycles. The lowest BCUT2D eigenvalue weighted by Gasteiger charge is -2.37. The summed E-state index contributed by atoms with van der Waals surface area (Å²) in [6.07, 6.45) is 5.98. The number of rotatable bonds is 5. The van der Waals surface area contributed by atoms with Gasteiger partial charge in [-0.25, -0.2) is 0 Å². The molecule has 0 aromatic heterocycles. The third-order valence-electron chi connectivity index (χ3n) is 5.39. The van der Waals surface area contributed by atoms with Crippen LogP contribution in [-0.2, 0) is 18.3 Å². The Labute approximate surface area is 141 Å². The summed E-state index contributed by atoms with van der Waals surface area (Å²) >= 11 is 0. The van der Waals surface area contributed by atoms with Crippen molar-refractivity contribution in [3.05, 3.63) is 70.8 Å². The second-order valence-electron chi connectivity index (χ2n) is 7.20. The summed E-state index contributed by atoms with van der Waals surface area (Å²) in [5.41, 5.74) is 6.43. The summed E-state index contributed by atoms with van der Waals surface area (Å²) in [6.45, 7) is 3.45. The van der Waals surface area contributed by atoms with Gasteiger partial charge in [-0.1, -0.05) is 61.9 Å². The number of hydrogen-bond donors (Lipinski definition) is 0. The van der Waals surface area contributed by atoms with Gasteiger partial charge in [0, 0.05) is 5.41 Å². The van der Waals surface area contributed by atoms with Crippen molar-refractivity contribution < 1.29 is 0 Å². The summed E-state index contributed by atoms with van der Waals surface area (Å²) in [5, 5.41) is 0. The van der Waals surface area contributed by atoms with E-state index in [0.29, 0.717) is 0 Å². The summed E-state index contributed by atoms with van der Waals surface area (Å²) in [6, 6.07) is 18.3. The summed E-state index contributed by atoms with van der Waals surface area (Å²) < 4.78 is 0. The van der Waals surface area contributed by atoms with E-state index in [1.807, 2.05) is 0 Å². The molecule has 3 rings (SSSR count). The predicted octanol–water partition coefficient (Wildman–Crippen LogP) is 4.82. The van der Waals surface area contributed by atoms with E-state index in [0.717, 1.165) is 6.54 Å². The summed E-state index contributed by atoms with van der Waals surface area (Å²) in [7, 11) is 4.38. The van der Waals surface area contributed by atoms with Crippen LogP contribution in [0.3, 0.4) is 0 Å². The Morgan fingerprint density at radius 2 is 1.35 bits per heavy atom. The molecule has 1 aliphatic carbocycles. The predicted molar refractivity (Wildman–Crippen MR) is 99.2 cm³/mol. The molecule has 0 unspecified atom stereocenters. The van der Waals surface area contributed by atoms with Gasteiger partial charge in [0.05, 0.1) is 0 Å². The van der Waals surface area contributed by atoms with Crippen molar-refractivity contribution in [2.75, 3.05) is 20.6 Å². The van der Waals surface area contributed by atoms with Crippen LogP contribution in [0.1, 0.15) is 48.4 Å². The van der Waals surface area contributed by atoms with Crippen molar-refractivity contribution in [3.8, 4) is 0 Å². The largest absolute Gasteiger partial charge is 0.309 e. The average Bonchev–Trinajstić information content (AvgIpc) is 2.70. The van der Waals surface area contributed by atoms with Crippen molar-refractivity contribution in [3.63, 3.8) is 0 Å². The molecular weight excluding hydrogens is 278 g/mol. The fraction of sp³-hybridized carbons (Fsp3) is 0.455. The van der Waals surface area contributed by atoms with Crippen molar-refractivity contribution in [2.45, 2.75) is 44.4 Å². The van der Waals surface area contributed by atoms with Gasteiger partial charge in [0.15, 0.2) is 0 Å². The molecule has 1 heteroatoms. The molecule has 2 aromatic rings. The monoisotopic (exact) mass is 307 g/mol. The minimum Gasteiger partial charge on any atom is -0.309 e. The van der Waals surface area contributed by atoms with Crippen molar-refractivity contribution in [2.24, 2.45) is 0 Å². The zero-order chi connectivity index (χ0) is 16.3. The maximum absolute atomic E-state index is 2.39. The number of benzene rings is 2. The second-order valence-corrected chi connectivity index (χ2v) is 7.20. The van der Waals surface area contributed by atoms with Crippen LogP contribution in [-0.4, -0.2) is 25.5 Å². The Morgan fingerprint density at radius 3 is 1.83 bits per heavy atom. The van der Waals surface area contributed by atoms with Crippen LogP contribution in [0.15, 0.2) is 48.5 Å². The fourth-order valence-electron chi connectivity index (χ4n) is 4.33. The highest BCUT2D eigenvalue weighted by Gasteiger charge is 2.37. The first-order valence-corrected chi connectivity index (χ1v) is 8.99. The van der Waals surface area contributed by atoms with Crippen molar-refractivity contribution >= 4 is 0 Å². The first kappa shape index (κ1) is 16.3. The Balaban J connectivity index is 2.20. The van der Waals surface area contributed by atoms with E-state index in [1.54, 1.807) is 22.3 Å². The average molecular weight is 307 g/mol. The Kier molecular flexibility index (Phi) is 4.87. The van der Waals surface area contributed by atoms with Crippen LogP contribution in [0.5, 0.6) is 0 Å². The highest BCUT2D eigenvalue weighted by Crippen LogP contribution is 2.45. The van der Waals surface area contributed by atoms with E-state index in [-0.39, 0.29) is 5.41 Å². The first-order chi connectivity index (χ1) is 11.2. The molecule has 0 spiro atoms. The number of nitrogens with zero attached hydrogens (tertiary/aromatic N) is 1. The topological polar surface area (TPSA) is 3.24 Å². The van der Waals surface area contributed by atoms with E-state index >= 15 is 0 Å². The molecule has 2 aromatic carbocycles. The van der Waals surface area contributed by atoms with E-state index < -0.39 is 0 Å². The van der Waals surface area contributed by atoms with Crippen LogP contribution in [0, 0.1) is 0 Å². The highest BCUT2D eigenvalue weighted by molar-refractivity contribution is 5.49. The molecule has 0 radical (unpaired) electrons. The third-order valence-corrected chi connectivity index (χ3v) is 5.39. The molecule has 0 saturated heterocycles. The lowest BCUT2D eigenvalue weighted by molar-refractivity contribution is 0.329. The molecule has 0 fully saturated rings. The maximum atomic E-state index is 2.39. The second kappa shape index (κ2) is 6.88. The molecule has 1 nitrogen and oxygen atoms in total. The first-order valence-electron chi connectivity index (χ1n) is 8.99. The summed E-state index contributed by atoms with van der Waals surface area (Å²) in [5.74, 6) is 0. The van der Waals surface area contributed by atoms with Crippen LogP contribution in [0.4, 0.5) is 0 Å². The normalized spacial score (nSPS) is 15.8. The van der Waals surface area contributed by atoms with Crippen LogP contribution in [0.25, 0.3) is 0 Å². The number of hydrogen-bond acceptors (Lipinski definition) is 1. The fourth-order valence-corrected chi connectivity index (χ4v) is 4.33.